The first-order chi connectivity index (χ1) is 8.73. The molecular formula is C11H14FN3O3S. The maximum absolute atomic E-state index is 13.1. The van der Waals surface area contributed by atoms with Gasteiger partial charge < -0.3 is 10.4 Å². The van der Waals surface area contributed by atoms with E-state index in [1.165, 1.54) is 6.07 Å². The molecule has 1 aromatic carbocycles. The van der Waals surface area contributed by atoms with Crippen LogP contribution in [0.1, 0.15) is 13.8 Å². The van der Waals surface area contributed by atoms with Crippen LogP contribution >= 0.6 is 0 Å². The highest BCUT2D eigenvalue weighted by Crippen LogP contribution is 2.25. The van der Waals surface area contributed by atoms with Crippen LogP contribution in [-0.4, -0.2) is 31.6 Å². The van der Waals surface area contributed by atoms with Crippen LogP contribution in [-0.2, 0) is 10.0 Å². The maximum Gasteiger partial charge on any atom is 0.266 e. The maximum atomic E-state index is 13.1. The lowest BCUT2D eigenvalue weighted by Crippen LogP contribution is -2.43. The molecule has 0 saturated carbocycles. The van der Waals surface area contributed by atoms with Crippen molar-refractivity contribution in [1.82, 2.24) is 4.72 Å². The molecule has 3 N–H and O–H groups in total. The molecule has 104 valence electrons. The van der Waals surface area contributed by atoms with Gasteiger partial charge in [0.15, 0.2) is 0 Å². The number of sulfonamides is 1. The lowest BCUT2D eigenvalue weighted by atomic mass is 10.1. The standard InChI is InChI=1S/C11H14FN3O3S/c1-11(2,6-16)14-10-13-8-4-3-7(12)5-9(8)19(17,18)15-10/h3-5,16H,6H2,1-2H3,(H2,13,14,15). The zero-order valence-electron chi connectivity index (χ0n) is 10.4. The molecular weight excluding hydrogens is 273 g/mol. The third-order valence-electron chi connectivity index (χ3n) is 2.52. The molecule has 0 atom stereocenters. The predicted octanol–water partition coefficient (Wildman–Crippen LogP) is 0.656. The van der Waals surface area contributed by atoms with Crippen LogP contribution in [0.5, 0.6) is 0 Å². The number of nitrogens with one attached hydrogen (secondary N) is 2. The van der Waals surface area contributed by atoms with Gasteiger partial charge in [0.1, 0.15) is 10.7 Å². The molecule has 0 aromatic heterocycles. The van der Waals surface area contributed by atoms with E-state index in [1.807, 2.05) is 0 Å². The molecule has 19 heavy (non-hydrogen) atoms. The van der Waals surface area contributed by atoms with Crippen molar-refractivity contribution >= 4 is 21.7 Å². The highest BCUT2D eigenvalue weighted by Gasteiger charge is 2.28. The number of nitrogens with zero attached hydrogens (tertiary/aromatic N) is 1. The van der Waals surface area contributed by atoms with Gasteiger partial charge in [-0.2, -0.15) is 0 Å². The van der Waals surface area contributed by atoms with E-state index >= 15 is 0 Å². The second kappa shape index (κ2) is 4.46. The van der Waals surface area contributed by atoms with Gasteiger partial charge in [0.25, 0.3) is 10.0 Å². The zero-order valence-corrected chi connectivity index (χ0v) is 11.3. The monoisotopic (exact) mass is 287 g/mol. The minimum atomic E-state index is -3.86. The number of fused-ring (bicyclic) bond motifs is 1. The van der Waals surface area contributed by atoms with Crippen molar-refractivity contribution in [3.63, 3.8) is 0 Å². The number of hydrogen-bond donors (Lipinski definition) is 3. The normalized spacial score (nSPS) is 19.5. The lowest BCUT2D eigenvalue weighted by molar-refractivity contribution is 0.222. The van der Waals surface area contributed by atoms with Crippen molar-refractivity contribution in [3.8, 4) is 0 Å². The third kappa shape index (κ3) is 2.85. The van der Waals surface area contributed by atoms with Gasteiger partial charge in [0.2, 0.25) is 5.96 Å². The highest BCUT2D eigenvalue weighted by atomic mass is 32.2. The Hall–Kier alpha value is -1.67. The van der Waals surface area contributed by atoms with Gasteiger partial charge >= 0.3 is 0 Å². The Morgan fingerprint density at radius 1 is 1.42 bits per heavy atom. The fraction of sp³-hybridized carbons (Fsp3) is 0.364. The van der Waals surface area contributed by atoms with E-state index in [0.29, 0.717) is 0 Å². The SMILES string of the molecule is CC(C)(CO)N=C1Nc2ccc(F)cc2S(=O)(=O)N1. The Bertz CT molecular complexity index is 641. The summed E-state index contributed by atoms with van der Waals surface area (Å²) in [5, 5.41) is 11.9. The molecule has 2 rings (SSSR count). The average Bonchev–Trinajstić information content (AvgIpc) is 2.29. The van der Waals surface area contributed by atoms with E-state index < -0.39 is 21.4 Å². The minimum absolute atomic E-state index is 0.00171. The summed E-state index contributed by atoms with van der Waals surface area (Å²) < 4.78 is 39.2. The molecule has 1 aromatic rings. The van der Waals surface area contributed by atoms with Crippen LogP contribution < -0.4 is 10.0 Å². The molecule has 0 aliphatic carbocycles. The Morgan fingerprint density at radius 3 is 2.74 bits per heavy atom. The third-order valence-corrected chi connectivity index (χ3v) is 3.90. The van der Waals surface area contributed by atoms with Gasteiger partial charge in [-0.05, 0) is 32.0 Å². The quantitative estimate of drug-likeness (QED) is 0.745. The number of guanidine groups is 1. The molecule has 0 bridgehead atoms. The van der Waals surface area contributed by atoms with Crippen molar-refractivity contribution in [3.05, 3.63) is 24.0 Å². The number of aliphatic hydroxyl groups is 1. The molecule has 0 saturated heterocycles. The van der Waals surface area contributed by atoms with Gasteiger partial charge in [-0.25, -0.2) is 22.5 Å². The second-order valence-corrected chi connectivity index (χ2v) is 6.45. The minimum Gasteiger partial charge on any atom is -0.394 e. The molecule has 1 aliphatic heterocycles. The summed E-state index contributed by atoms with van der Waals surface area (Å²) in [6.07, 6.45) is 0. The Morgan fingerprint density at radius 2 is 2.11 bits per heavy atom. The number of benzene rings is 1. The average molecular weight is 287 g/mol. The van der Waals surface area contributed by atoms with E-state index in [1.54, 1.807) is 13.8 Å². The van der Waals surface area contributed by atoms with Crippen LogP contribution in [0.25, 0.3) is 0 Å². The summed E-state index contributed by atoms with van der Waals surface area (Å²) in [6, 6.07) is 3.41. The molecule has 6 nitrogen and oxygen atoms in total. The summed E-state index contributed by atoms with van der Waals surface area (Å²) in [5.74, 6) is -0.639. The largest absolute Gasteiger partial charge is 0.394 e. The Labute approximate surface area is 110 Å². The number of rotatable bonds is 2. The fourth-order valence-corrected chi connectivity index (χ4v) is 2.68. The topological polar surface area (TPSA) is 90.8 Å². The molecule has 0 amide bonds. The van der Waals surface area contributed by atoms with Gasteiger partial charge in [0.05, 0.1) is 17.8 Å². The first-order valence-electron chi connectivity index (χ1n) is 5.54. The summed E-state index contributed by atoms with van der Waals surface area (Å²) in [7, 11) is -3.86. The summed E-state index contributed by atoms with van der Waals surface area (Å²) in [6.45, 7) is 3.06. The number of aliphatic imine (C=N–C) groups is 1. The van der Waals surface area contributed by atoms with Gasteiger partial charge in [0, 0.05) is 0 Å². The molecule has 8 heteroatoms. The van der Waals surface area contributed by atoms with Crippen molar-refractivity contribution < 1.29 is 17.9 Å². The summed E-state index contributed by atoms with van der Waals surface area (Å²) in [4.78, 5) is 3.90. The molecule has 1 heterocycles. The smallest absolute Gasteiger partial charge is 0.266 e. The zero-order chi connectivity index (χ0) is 14.3. The Kier molecular flexibility index (Phi) is 3.23. The first-order valence-corrected chi connectivity index (χ1v) is 7.02. The van der Waals surface area contributed by atoms with Crippen LogP contribution in [0.2, 0.25) is 0 Å². The number of hydrogen-bond acceptors (Lipinski definition) is 4. The van der Waals surface area contributed by atoms with Crippen molar-refractivity contribution in [2.24, 2.45) is 4.99 Å². The summed E-state index contributed by atoms with van der Waals surface area (Å²) >= 11 is 0. The van der Waals surface area contributed by atoms with E-state index in [2.05, 4.69) is 15.0 Å². The van der Waals surface area contributed by atoms with E-state index in [4.69, 9.17) is 5.11 Å². The molecule has 0 spiro atoms. The number of aliphatic hydroxyl groups excluding tert-OH is 1. The lowest BCUT2D eigenvalue weighted by Gasteiger charge is -2.25. The first kappa shape index (κ1) is 13.8. The number of halogens is 1. The molecule has 0 fully saturated rings. The van der Waals surface area contributed by atoms with Crippen LogP contribution in [0.4, 0.5) is 10.1 Å². The highest BCUT2D eigenvalue weighted by molar-refractivity contribution is 7.90. The van der Waals surface area contributed by atoms with Crippen molar-refractivity contribution in [1.29, 1.82) is 0 Å². The number of anilines is 1. The van der Waals surface area contributed by atoms with Gasteiger partial charge in [-0.3, -0.25) is 0 Å². The van der Waals surface area contributed by atoms with Gasteiger partial charge in [-0.1, -0.05) is 0 Å². The Balaban J connectivity index is 2.48. The van der Waals surface area contributed by atoms with Crippen LogP contribution in [0, 0.1) is 5.82 Å². The van der Waals surface area contributed by atoms with Gasteiger partial charge in [-0.15, -0.1) is 0 Å². The second-order valence-electron chi connectivity index (χ2n) is 4.80. The van der Waals surface area contributed by atoms with E-state index in [-0.39, 0.29) is 23.1 Å². The van der Waals surface area contributed by atoms with E-state index in [9.17, 15) is 12.8 Å². The van der Waals surface area contributed by atoms with E-state index in [0.717, 1.165) is 12.1 Å². The predicted molar refractivity (Wildman–Crippen MR) is 68.9 cm³/mol. The van der Waals surface area contributed by atoms with Crippen molar-refractivity contribution in [2.45, 2.75) is 24.3 Å². The van der Waals surface area contributed by atoms with Crippen LogP contribution in [0.15, 0.2) is 28.1 Å². The van der Waals surface area contributed by atoms with Crippen molar-refractivity contribution in [2.75, 3.05) is 11.9 Å². The molecule has 0 radical (unpaired) electrons. The molecule has 1 aliphatic rings. The van der Waals surface area contributed by atoms with Crippen LogP contribution in [0.3, 0.4) is 0 Å². The summed E-state index contributed by atoms with van der Waals surface area (Å²) in [5.41, 5.74) is -0.588. The molecule has 0 unspecified atom stereocenters. The fourth-order valence-electron chi connectivity index (χ4n) is 1.55.